The first kappa shape index (κ1) is 46.7. The molecule has 1 unspecified atom stereocenters. The molecule has 0 radical (unpaired) electrons. The molecule has 0 spiro atoms. The van der Waals surface area contributed by atoms with Crippen LogP contribution in [0.15, 0.2) is 101 Å². The summed E-state index contributed by atoms with van der Waals surface area (Å²) in [6.45, 7) is 22.5. The minimum Gasteiger partial charge on any atom is -0.444 e. The highest BCUT2D eigenvalue weighted by atomic mass is 32.1. The molecular weight excluding hydrogens is 841 g/mol. The zero-order valence-electron chi connectivity index (χ0n) is 39.0. The maximum absolute atomic E-state index is 15.2. The topological polar surface area (TPSA) is 130 Å². The van der Waals surface area contributed by atoms with Gasteiger partial charge in [0.05, 0.1) is 28.2 Å². The number of nitrogens with zero attached hydrogens (tertiary/aromatic N) is 5. The standard InChI is InChI=1S/C50H64N6O6SSi/c1-33(2)44(42-30-43(53-61-42)54-25-27-55(28-26-54)48(59)60-49(5,6)7)47(58)56-31-38(62-64(50(8,9)10,39-17-13-11-14-18-39)40-19-15-12-16-20-40)29-41(56)46(57)52-34(3)36-21-23-37(24-22-36)45-35(4)51-32-63-45/h11-24,30,32-34,38,41,44H,25-29,31H2,1-10H3,(H,52,57)/t34-,38+,41-,44?/m0/s1. The number of carbonyl (C=O) groups excluding carboxylic acids is 3. The number of hydrogen-bond acceptors (Lipinski definition) is 10. The SMILES string of the molecule is Cc1ncsc1-c1ccc([C@H](C)NC(=O)[C@@H]2C[C@@H](O[Si](c3ccccc3)(c3ccccc3)C(C)(C)C)CN2C(=O)C(c2cc(N3CCN(C(=O)OC(C)(C)C)CC3)no2)C(C)C)cc1. The third-order valence-corrected chi connectivity index (χ3v) is 18.5. The quantitative estimate of drug-likeness (QED) is 0.123. The Morgan fingerprint density at radius 2 is 1.47 bits per heavy atom. The molecule has 4 atom stereocenters. The van der Waals surface area contributed by atoms with Crippen LogP contribution < -0.4 is 20.6 Å². The maximum atomic E-state index is 15.2. The molecule has 14 heteroatoms. The molecular formula is C50H64N6O6SSi. The number of carbonyl (C=O) groups is 3. The Balaban J connectivity index is 1.17. The summed E-state index contributed by atoms with van der Waals surface area (Å²) in [6.07, 6.45) is -0.455. The van der Waals surface area contributed by atoms with Gasteiger partial charge >= 0.3 is 6.09 Å². The number of likely N-dealkylation sites (tertiary alicyclic amines) is 1. The van der Waals surface area contributed by atoms with E-state index in [0.717, 1.165) is 32.1 Å². The van der Waals surface area contributed by atoms with Crippen molar-refractivity contribution in [3.05, 3.63) is 114 Å². The number of thiazole rings is 1. The minimum absolute atomic E-state index is 0.183. The van der Waals surface area contributed by atoms with Crippen molar-refractivity contribution < 1.29 is 28.1 Å². The number of ether oxygens (including phenoxy) is 1. The van der Waals surface area contributed by atoms with Gasteiger partial charge in [0.15, 0.2) is 11.6 Å². The van der Waals surface area contributed by atoms with Crippen molar-refractivity contribution in [1.29, 1.82) is 0 Å². The molecule has 2 aromatic heterocycles. The van der Waals surface area contributed by atoms with Crippen LogP contribution in [0.2, 0.25) is 5.04 Å². The predicted molar refractivity (Wildman–Crippen MR) is 256 cm³/mol. The van der Waals surface area contributed by atoms with E-state index in [9.17, 15) is 9.59 Å². The summed E-state index contributed by atoms with van der Waals surface area (Å²) < 4.78 is 19.2. The van der Waals surface area contributed by atoms with Gasteiger partial charge in [0, 0.05) is 45.2 Å². The number of aromatic nitrogens is 2. The van der Waals surface area contributed by atoms with Crippen LogP contribution in [-0.4, -0.2) is 96.6 Å². The summed E-state index contributed by atoms with van der Waals surface area (Å²) in [4.78, 5) is 53.8. The lowest BCUT2D eigenvalue weighted by atomic mass is 9.91. The molecule has 0 bridgehead atoms. The van der Waals surface area contributed by atoms with Crippen molar-refractivity contribution in [2.45, 2.75) is 110 Å². The number of rotatable bonds is 12. The van der Waals surface area contributed by atoms with Crippen molar-refractivity contribution in [3.8, 4) is 10.4 Å². The van der Waals surface area contributed by atoms with E-state index in [4.69, 9.17) is 13.7 Å². The van der Waals surface area contributed by atoms with Gasteiger partial charge in [-0.2, -0.15) is 0 Å². The van der Waals surface area contributed by atoms with Gasteiger partial charge < -0.3 is 33.7 Å². The van der Waals surface area contributed by atoms with Crippen molar-refractivity contribution in [3.63, 3.8) is 0 Å². The fourth-order valence-corrected chi connectivity index (χ4v) is 14.6. The lowest BCUT2D eigenvalue weighted by molar-refractivity contribution is -0.141. The lowest BCUT2D eigenvalue weighted by Gasteiger charge is -2.44. The van der Waals surface area contributed by atoms with Crippen LogP contribution in [0, 0.1) is 12.8 Å². The first-order valence-corrected chi connectivity index (χ1v) is 25.2. The third kappa shape index (κ3) is 9.98. The second-order valence-electron chi connectivity index (χ2n) is 19.5. The Morgan fingerprint density at radius 3 is 2.00 bits per heavy atom. The van der Waals surface area contributed by atoms with E-state index in [1.165, 1.54) is 0 Å². The van der Waals surface area contributed by atoms with Crippen LogP contribution in [-0.2, 0) is 18.8 Å². The number of hydrogen-bond donors (Lipinski definition) is 1. The van der Waals surface area contributed by atoms with E-state index in [1.54, 1.807) is 21.1 Å². The average molecular weight is 905 g/mol. The predicted octanol–water partition coefficient (Wildman–Crippen LogP) is 8.33. The van der Waals surface area contributed by atoms with Gasteiger partial charge in [-0.05, 0) is 67.1 Å². The highest BCUT2D eigenvalue weighted by Crippen LogP contribution is 2.40. The van der Waals surface area contributed by atoms with Crippen molar-refractivity contribution in [2.24, 2.45) is 5.92 Å². The van der Waals surface area contributed by atoms with Gasteiger partial charge in [-0.15, -0.1) is 11.3 Å². The summed E-state index contributed by atoms with van der Waals surface area (Å²) in [7, 11) is -3.05. The van der Waals surface area contributed by atoms with Gasteiger partial charge in [-0.3, -0.25) is 9.59 Å². The molecule has 7 rings (SSSR count). The van der Waals surface area contributed by atoms with Crippen LogP contribution >= 0.6 is 11.3 Å². The van der Waals surface area contributed by atoms with Gasteiger partial charge in [0.25, 0.3) is 8.32 Å². The molecule has 2 aliphatic rings. The minimum atomic E-state index is -3.05. The number of aryl methyl sites for hydroxylation is 1. The molecule has 4 heterocycles. The first-order valence-electron chi connectivity index (χ1n) is 22.5. The van der Waals surface area contributed by atoms with E-state index in [2.05, 4.69) is 102 Å². The molecule has 3 amide bonds. The van der Waals surface area contributed by atoms with E-state index in [-0.39, 0.29) is 41.5 Å². The van der Waals surface area contributed by atoms with Crippen molar-refractivity contribution in [1.82, 2.24) is 25.3 Å². The average Bonchev–Trinajstić information content (AvgIpc) is 4.03. The molecule has 340 valence electrons. The molecule has 5 aromatic rings. The monoisotopic (exact) mass is 904 g/mol. The van der Waals surface area contributed by atoms with Crippen molar-refractivity contribution in [2.75, 3.05) is 37.6 Å². The highest BCUT2D eigenvalue weighted by molar-refractivity contribution is 7.13. The number of piperazine rings is 1. The molecule has 2 fully saturated rings. The van der Waals surface area contributed by atoms with Crippen molar-refractivity contribution >= 4 is 53.8 Å². The largest absolute Gasteiger partial charge is 0.444 e. The molecule has 1 N–H and O–H groups in total. The number of anilines is 1. The van der Waals surface area contributed by atoms with E-state index < -0.39 is 32.0 Å². The molecule has 64 heavy (non-hydrogen) atoms. The number of benzene rings is 3. The van der Waals surface area contributed by atoms with Crippen LogP contribution in [0.3, 0.4) is 0 Å². The Morgan fingerprint density at radius 1 is 0.859 bits per heavy atom. The summed E-state index contributed by atoms with van der Waals surface area (Å²) in [6, 6.07) is 29.8. The van der Waals surface area contributed by atoms with Crippen LogP contribution in [0.4, 0.5) is 10.6 Å². The fraction of sp³-hybridized carbons (Fsp3) is 0.460. The van der Waals surface area contributed by atoms with Gasteiger partial charge in [0.1, 0.15) is 17.6 Å². The zero-order valence-corrected chi connectivity index (χ0v) is 40.8. The Labute approximate surface area is 383 Å². The molecule has 0 saturated carbocycles. The lowest BCUT2D eigenvalue weighted by Crippen LogP contribution is -2.67. The third-order valence-electron chi connectivity index (χ3n) is 12.4. The Bertz CT molecular complexity index is 2330. The first-order chi connectivity index (χ1) is 30.4. The second kappa shape index (κ2) is 19.0. The van der Waals surface area contributed by atoms with Crippen LogP contribution in [0.25, 0.3) is 10.4 Å². The van der Waals surface area contributed by atoms with Gasteiger partial charge in [-0.1, -0.05) is 125 Å². The molecule has 3 aromatic carbocycles. The smallest absolute Gasteiger partial charge is 0.410 e. The molecule has 2 aliphatic heterocycles. The van der Waals surface area contributed by atoms with E-state index >= 15 is 4.79 Å². The molecule has 2 saturated heterocycles. The zero-order chi connectivity index (χ0) is 46.0. The van der Waals surface area contributed by atoms with Crippen LogP contribution in [0.1, 0.15) is 97.7 Å². The Hall–Kier alpha value is -5.31. The second-order valence-corrected chi connectivity index (χ2v) is 24.6. The summed E-state index contributed by atoms with van der Waals surface area (Å²) in [5, 5.41) is 9.67. The van der Waals surface area contributed by atoms with E-state index in [1.807, 2.05) is 84.3 Å². The molecule has 0 aliphatic carbocycles. The van der Waals surface area contributed by atoms with Crippen LogP contribution in [0.5, 0.6) is 0 Å². The molecule has 12 nitrogen and oxygen atoms in total. The fourth-order valence-electron chi connectivity index (χ4n) is 9.14. The maximum Gasteiger partial charge on any atom is 0.410 e. The summed E-state index contributed by atoms with van der Waals surface area (Å²) >= 11 is 1.61. The summed E-state index contributed by atoms with van der Waals surface area (Å²) in [5.41, 5.74) is 4.29. The Kier molecular flexibility index (Phi) is 13.9. The van der Waals surface area contributed by atoms with E-state index in [0.29, 0.717) is 44.2 Å². The van der Waals surface area contributed by atoms with Gasteiger partial charge in [-0.25, -0.2) is 9.78 Å². The normalized spacial score (nSPS) is 18.3. The number of nitrogens with one attached hydrogen (secondary N) is 1. The van der Waals surface area contributed by atoms with Gasteiger partial charge in [0.2, 0.25) is 11.8 Å². The number of amides is 3. The highest BCUT2D eigenvalue weighted by Gasteiger charge is 2.54. The summed E-state index contributed by atoms with van der Waals surface area (Å²) in [5.74, 6) is -0.307.